The predicted octanol–water partition coefficient (Wildman–Crippen LogP) is 5.76. The third-order valence-electron chi connectivity index (χ3n) is 3.78. The van der Waals surface area contributed by atoms with Crippen LogP contribution in [0.4, 0.5) is 0 Å². The number of aryl methyl sites for hydroxylation is 1. The van der Waals surface area contributed by atoms with E-state index in [1.54, 1.807) is 16.8 Å². The molecule has 0 radical (unpaired) electrons. The number of halogens is 2. The molecule has 0 spiro atoms. The van der Waals surface area contributed by atoms with Gasteiger partial charge in [-0.25, -0.2) is 4.68 Å². The third kappa shape index (κ3) is 2.64. The molecule has 4 rings (SSSR count). The minimum atomic E-state index is 0.489. The van der Waals surface area contributed by atoms with E-state index in [9.17, 15) is 0 Å². The number of hydrogen-bond donors (Lipinski definition) is 1. The molecule has 0 aliphatic heterocycles. The van der Waals surface area contributed by atoms with Gasteiger partial charge in [-0.2, -0.15) is 0 Å². The first-order valence-electron chi connectivity index (χ1n) is 7.38. The minimum absolute atomic E-state index is 0.489. The van der Waals surface area contributed by atoms with Gasteiger partial charge in [0.1, 0.15) is 5.75 Å². The van der Waals surface area contributed by atoms with Crippen molar-refractivity contribution in [1.82, 2.24) is 14.8 Å². The van der Waals surface area contributed by atoms with Crippen LogP contribution >= 0.6 is 23.2 Å². The number of aromatic nitrogens is 3. The lowest BCUT2D eigenvalue weighted by molar-refractivity contribution is 0.462. The molecule has 0 saturated carbocycles. The first-order valence-corrected chi connectivity index (χ1v) is 8.13. The summed E-state index contributed by atoms with van der Waals surface area (Å²) in [6.07, 6.45) is 1.89. The highest BCUT2D eigenvalue weighted by molar-refractivity contribution is 6.42. The molecule has 1 N–H and O–H groups in total. The second-order valence-corrected chi connectivity index (χ2v) is 6.25. The van der Waals surface area contributed by atoms with Gasteiger partial charge in [0.05, 0.1) is 15.7 Å². The zero-order valence-corrected chi connectivity index (χ0v) is 14.3. The van der Waals surface area contributed by atoms with Crippen molar-refractivity contribution in [2.45, 2.75) is 6.92 Å². The Hall–Kier alpha value is -2.43. The van der Waals surface area contributed by atoms with Gasteiger partial charge in [-0.3, -0.25) is 0 Å². The lowest BCUT2D eigenvalue weighted by atomic mass is 10.2. The molecule has 0 bridgehead atoms. The van der Waals surface area contributed by atoms with Crippen molar-refractivity contribution < 1.29 is 4.74 Å². The fraction of sp³-hybridized carbons (Fsp3) is 0.0556. The summed E-state index contributed by atoms with van der Waals surface area (Å²) in [4.78, 5) is 3.17. The molecule has 120 valence electrons. The molecular weight excluding hydrogens is 345 g/mol. The van der Waals surface area contributed by atoms with Crippen LogP contribution in [0.5, 0.6) is 11.6 Å². The molecule has 6 heteroatoms. The van der Waals surface area contributed by atoms with Gasteiger partial charge >= 0.3 is 0 Å². The standard InChI is InChI=1S/C18H13Cl2N3O/c1-11-9-18(22-23(11)12-5-6-14(19)15(20)10-12)24-17-4-2-3-16-13(17)7-8-21-16/h2-10,21H,1H3. The van der Waals surface area contributed by atoms with E-state index in [2.05, 4.69) is 10.1 Å². The van der Waals surface area contributed by atoms with Gasteiger partial charge in [0.2, 0.25) is 5.88 Å². The molecule has 0 atom stereocenters. The monoisotopic (exact) mass is 357 g/mol. The van der Waals surface area contributed by atoms with Crippen LogP contribution in [0.3, 0.4) is 0 Å². The Morgan fingerprint density at radius 1 is 1.04 bits per heavy atom. The number of fused-ring (bicyclic) bond motifs is 1. The minimum Gasteiger partial charge on any atom is -0.437 e. The maximum Gasteiger partial charge on any atom is 0.238 e. The fourth-order valence-corrected chi connectivity index (χ4v) is 2.92. The van der Waals surface area contributed by atoms with E-state index in [4.69, 9.17) is 27.9 Å². The molecule has 0 unspecified atom stereocenters. The van der Waals surface area contributed by atoms with Gasteiger partial charge in [-0.15, -0.1) is 5.10 Å². The van der Waals surface area contributed by atoms with Crippen LogP contribution in [0.25, 0.3) is 16.6 Å². The van der Waals surface area contributed by atoms with Gasteiger partial charge < -0.3 is 9.72 Å². The Morgan fingerprint density at radius 3 is 2.75 bits per heavy atom. The largest absolute Gasteiger partial charge is 0.437 e. The molecule has 4 aromatic rings. The predicted molar refractivity (Wildman–Crippen MR) is 96.7 cm³/mol. The summed E-state index contributed by atoms with van der Waals surface area (Å²) < 4.78 is 7.75. The van der Waals surface area contributed by atoms with E-state index in [0.29, 0.717) is 15.9 Å². The van der Waals surface area contributed by atoms with Gasteiger partial charge in [-0.1, -0.05) is 29.3 Å². The first kappa shape index (κ1) is 15.1. The fourth-order valence-electron chi connectivity index (χ4n) is 2.63. The number of nitrogens with zero attached hydrogens (tertiary/aromatic N) is 2. The number of rotatable bonds is 3. The van der Waals surface area contributed by atoms with Crippen molar-refractivity contribution >= 4 is 34.1 Å². The summed E-state index contributed by atoms with van der Waals surface area (Å²) in [6.45, 7) is 1.96. The number of benzene rings is 2. The highest BCUT2D eigenvalue weighted by atomic mass is 35.5. The van der Waals surface area contributed by atoms with Crippen molar-refractivity contribution in [3.63, 3.8) is 0 Å². The Kier molecular flexibility index (Phi) is 3.71. The summed E-state index contributed by atoms with van der Waals surface area (Å²) in [5.41, 5.74) is 2.79. The Bertz CT molecular complexity index is 1040. The highest BCUT2D eigenvalue weighted by Gasteiger charge is 2.11. The lowest BCUT2D eigenvalue weighted by Gasteiger charge is -2.06. The number of nitrogens with one attached hydrogen (secondary N) is 1. The summed E-state index contributed by atoms with van der Waals surface area (Å²) in [6, 6.07) is 15.1. The van der Waals surface area contributed by atoms with E-state index in [1.165, 1.54) is 0 Å². The van der Waals surface area contributed by atoms with Crippen LogP contribution < -0.4 is 4.74 Å². The van der Waals surface area contributed by atoms with Crippen molar-refractivity contribution in [3.05, 3.63) is 70.5 Å². The van der Waals surface area contributed by atoms with Crippen LogP contribution in [-0.4, -0.2) is 14.8 Å². The second kappa shape index (κ2) is 5.89. The van der Waals surface area contributed by atoms with Gasteiger partial charge in [0.25, 0.3) is 0 Å². The van der Waals surface area contributed by atoms with Crippen molar-refractivity contribution in [3.8, 4) is 17.3 Å². The quantitative estimate of drug-likeness (QED) is 0.506. The van der Waals surface area contributed by atoms with E-state index >= 15 is 0 Å². The van der Waals surface area contributed by atoms with Gasteiger partial charge in [0, 0.05) is 28.9 Å². The smallest absolute Gasteiger partial charge is 0.238 e. The van der Waals surface area contributed by atoms with E-state index in [-0.39, 0.29) is 0 Å². The van der Waals surface area contributed by atoms with Crippen LogP contribution in [0.2, 0.25) is 10.0 Å². The Balaban J connectivity index is 1.71. The number of aromatic amines is 1. The molecule has 24 heavy (non-hydrogen) atoms. The molecule has 0 aliphatic rings. The van der Waals surface area contributed by atoms with Crippen LogP contribution in [0, 0.1) is 6.92 Å². The maximum absolute atomic E-state index is 6.10. The average Bonchev–Trinajstić information content (AvgIpc) is 3.17. The molecule has 2 heterocycles. The normalized spacial score (nSPS) is 11.1. The maximum atomic E-state index is 6.10. The van der Waals surface area contributed by atoms with Crippen LogP contribution in [-0.2, 0) is 0 Å². The van der Waals surface area contributed by atoms with Crippen LogP contribution in [0.1, 0.15) is 5.69 Å². The third-order valence-corrected chi connectivity index (χ3v) is 4.52. The summed E-state index contributed by atoms with van der Waals surface area (Å²) >= 11 is 12.1. The number of H-pyrrole nitrogens is 1. The van der Waals surface area contributed by atoms with E-state index in [0.717, 1.165) is 28.0 Å². The van der Waals surface area contributed by atoms with Crippen molar-refractivity contribution in [2.24, 2.45) is 0 Å². The molecular formula is C18H13Cl2N3O. The summed E-state index contributed by atoms with van der Waals surface area (Å²) in [5.74, 6) is 1.28. The molecule has 4 nitrogen and oxygen atoms in total. The molecule has 2 aromatic heterocycles. The molecule has 0 aliphatic carbocycles. The van der Waals surface area contributed by atoms with E-state index < -0.39 is 0 Å². The summed E-state index contributed by atoms with van der Waals surface area (Å²) in [5, 5.41) is 6.54. The average molecular weight is 358 g/mol. The van der Waals surface area contributed by atoms with Gasteiger partial charge in [-0.05, 0) is 43.3 Å². The number of hydrogen-bond acceptors (Lipinski definition) is 2. The Morgan fingerprint density at radius 2 is 1.92 bits per heavy atom. The zero-order chi connectivity index (χ0) is 16.7. The van der Waals surface area contributed by atoms with E-state index in [1.807, 2.05) is 49.5 Å². The molecule has 0 saturated heterocycles. The SMILES string of the molecule is Cc1cc(Oc2cccc3[nH]ccc23)nn1-c1ccc(Cl)c(Cl)c1. The molecule has 0 fully saturated rings. The van der Waals surface area contributed by atoms with Crippen molar-refractivity contribution in [2.75, 3.05) is 0 Å². The first-order chi connectivity index (χ1) is 11.6. The lowest BCUT2D eigenvalue weighted by Crippen LogP contribution is -1.98. The molecule has 0 amide bonds. The number of ether oxygens (including phenoxy) is 1. The van der Waals surface area contributed by atoms with Gasteiger partial charge in [0.15, 0.2) is 0 Å². The highest BCUT2D eigenvalue weighted by Crippen LogP contribution is 2.30. The summed E-state index contributed by atoms with van der Waals surface area (Å²) in [7, 11) is 0. The van der Waals surface area contributed by atoms with Crippen LogP contribution in [0.15, 0.2) is 54.7 Å². The molecule has 2 aromatic carbocycles. The van der Waals surface area contributed by atoms with Crippen molar-refractivity contribution in [1.29, 1.82) is 0 Å². The topological polar surface area (TPSA) is 42.8 Å². The zero-order valence-electron chi connectivity index (χ0n) is 12.8. The second-order valence-electron chi connectivity index (χ2n) is 5.43. The Labute approximate surface area is 148 Å².